The fourth-order valence-corrected chi connectivity index (χ4v) is 3.82. The van der Waals surface area contributed by atoms with Crippen molar-refractivity contribution in [2.45, 2.75) is 6.92 Å². The minimum absolute atomic E-state index is 0.00606. The molecule has 162 valence electrons. The van der Waals surface area contributed by atoms with Gasteiger partial charge in [-0.05, 0) is 61.0 Å². The predicted molar refractivity (Wildman–Crippen MR) is 120 cm³/mol. The number of hydrogen-bond donors (Lipinski definition) is 2. The summed E-state index contributed by atoms with van der Waals surface area (Å²) in [5, 5.41) is 4.96. The van der Waals surface area contributed by atoms with Gasteiger partial charge in [-0.3, -0.25) is 9.59 Å². The number of hydrogen-bond acceptors (Lipinski definition) is 4. The van der Waals surface area contributed by atoms with Crippen molar-refractivity contribution < 1.29 is 23.2 Å². The Morgan fingerprint density at radius 1 is 1.16 bits per heavy atom. The average Bonchev–Trinajstić information content (AvgIpc) is 3.30. The Morgan fingerprint density at radius 2 is 1.91 bits per heavy atom. The predicted octanol–water partition coefficient (Wildman–Crippen LogP) is 4.69. The van der Waals surface area contributed by atoms with Crippen molar-refractivity contribution in [3.63, 3.8) is 0 Å². The number of carbonyl (C=O) groups excluding carboxylic acids is 3. The van der Waals surface area contributed by atoms with Gasteiger partial charge in [0.05, 0.1) is 0 Å². The number of furan rings is 1. The Kier molecular flexibility index (Phi) is 5.91. The van der Waals surface area contributed by atoms with Crippen molar-refractivity contribution >= 4 is 45.5 Å². The number of halogens is 2. The summed E-state index contributed by atoms with van der Waals surface area (Å²) in [7, 11) is 0. The molecule has 0 radical (unpaired) electrons. The molecule has 32 heavy (non-hydrogen) atoms. The normalized spacial score (nSPS) is 14.7. The molecule has 7 nitrogen and oxygen atoms in total. The molecule has 0 saturated carbocycles. The third-order valence-corrected chi connectivity index (χ3v) is 5.35. The van der Waals surface area contributed by atoms with Crippen LogP contribution in [-0.2, 0) is 9.59 Å². The molecule has 9 heteroatoms. The molecule has 3 aromatic rings. The molecule has 1 aromatic heterocycles. The lowest BCUT2D eigenvalue weighted by molar-refractivity contribution is -0.127. The summed E-state index contributed by atoms with van der Waals surface area (Å²) in [4.78, 5) is 37.8. The van der Waals surface area contributed by atoms with E-state index in [0.29, 0.717) is 17.2 Å². The number of nitrogens with one attached hydrogen (secondary N) is 2. The summed E-state index contributed by atoms with van der Waals surface area (Å²) in [5.41, 5.74) is 2.29. The maximum Gasteiger partial charge on any atom is 0.329 e. The number of carbonyl (C=O) groups is 3. The van der Waals surface area contributed by atoms with E-state index in [4.69, 9.17) is 4.42 Å². The highest BCUT2D eigenvalue weighted by atomic mass is 79.9. The van der Waals surface area contributed by atoms with Gasteiger partial charge in [-0.2, -0.15) is 0 Å². The maximum atomic E-state index is 13.0. The molecule has 0 unspecified atom stereocenters. The molecule has 0 bridgehead atoms. The van der Waals surface area contributed by atoms with Gasteiger partial charge in [-0.1, -0.05) is 22.0 Å². The minimum atomic E-state index is -0.719. The van der Waals surface area contributed by atoms with Gasteiger partial charge in [-0.15, -0.1) is 0 Å². The number of rotatable bonds is 5. The van der Waals surface area contributed by atoms with Crippen LogP contribution in [0.1, 0.15) is 11.3 Å². The zero-order chi connectivity index (χ0) is 22.8. The Hall–Kier alpha value is -3.72. The van der Waals surface area contributed by atoms with Gasteiger partial charge in [0.2, 0.25) is 5.91 Å². The SMILES string of the molecule is Cc1ccc(-c2ccc(/C=C3\NC(=O)N(CC(=O)Nc4ccc(F)cc4)C3=O)o2)c(Br)c1. The summed E-state index contributed by atoms with van der Waals surface area (Å²) >= 11 is 3.51. The number of aryl methyl sites for hydroxylation is 1. The number of imide groups is 1. The second-order valence-corrected chi connectivity index (χ2v) is 7.97. The monoisotopic (exact) mass is 497 g/mol. The van der Waals surface area contributed by atoms with E-state index in [-0.39, 0.29) is 5.70 Å². The van der Waals surface area contributed by atoms with E-state index in [1.54, 1.807) is 12.1 Å². The van der Waals surface area contributed by atoms with Gasteiger partial charge in [0.15, 0.2) is 0 Å². The van der Waals surface area contributed by atoms with Crippen LogP contribution in [0.2, 0.25) is 0 Å². The molecular formula is C23H17BrFN3O4. The third-order valence-electron chi connectivity index (χ3n) is 4.70. The topological polar surface area (TPSA) is 91.7 Å². The smallest absolute Gasteiger partial charge is 0.329 e. The molecule has 1 aliphatic heterocycles. The Balaban J connectivity index is 1.46. The lowest BCUT2D eigenvalue weighted by Crippen LogP contribution is -2.38. The van der Waals surface area contributed by atoms with Crippen LogP contribution in [0.3, 0.4) is 0 Å². The average molecular weight is 498 g/mol. The largest absolute Gasteiger partial charge is 0.457 e. The molecule has 2 aromatic carbocycles. The van der Waals surface area contributed by atoms with Crippen LogP contribution >= 0.6 is 15.9 Å². The van der Waals surface area contributed by atoms with E-state index in [0.717, 1.165) is 20.5 Å². The van der Waals surface area contributed by atoms with Gasteiger partial charge < -0.3 is 15.1 Å². The number of amides is 4. The number of nitrogens with zero attached hydrogens (tertiary/aromatic N) is 1. The summed E-state index contributed by atoms with van der Waals surface area (Å²) in [6.07, 6.45) is 1.41. The van der Waals surface area contributed by atoms with Crippen LogP contribution in [0.4, 0.5) is 14.9 Å². The zero-order valence-corrected chi connectivity index (χ0v) is 18.4. The van der Waals surface area contributed by atoms with Crippen molar-refractivity contribution in [3.8, 4) is 11.3 Å². The first-order chi connectivity index (χ1) is 15.3. The lowest BCUT2D eigenvalue weighted by atomic mass is 10.1. The second-order valence-electron chi connectivity index (χ2n) is 7.12. The van der Waals surface area contributed by atoms with Gasteiger partial charge >= 0.3 is 6.03 Å². The maximum absolute atomic E-state index is 13.0. The van der Waals surface area contributed by atoms with Crippen LogP contribution < -0.4 is 10.6 Å². The highest BCUT2D eigenvalue weighted by Crippen LogP contribution is 2.31. The van der Waals surface area contributed by atoms with E-state index in [2.05, 4.69) is 26.6 Å². The third kappa shape index (κ3) is 4.62. The summed E-state index contributed by atoms with van der Waals surface area (Å²) in [6, 6.07) is 13.7. The quantitative estimate of drug-likeness (QED) is 0.395. The number of urea groups is 1. The summed E-state index contributed by atoms with van der Waals surface area (Å²) in [6.45, 7) is 1.49. The number of benzene rings is 2. The summed E-state index contributed by atoms with van der Waals surface area (Å²) < 4.78 is 19.6. The van der Waals surface area contributed by atoms with Crippen molar-refractivity contribution in [1.82, 2.24) is 10.2 Å². The fraction of sp³-hybridized carbons (Fsp3) is 0.0870. The molecule has 0 spiro atoms. The number of anilines is 1. The second kappa shape index (κ2) is 8.80. The van der Waals surface area contributed by atoms with E-state index >= 15 is 0 Å². The molecule has 0 aliphatic carbocycles. The first-order valence-corrected chi connectivity index (χ1v) is 10.4. The van der Waals surface area contributed by atoms with E-state index < -0.39 is 30.2 Å². The highest BCUT2D eigenvalue weighted by Gasteiger charge is 2.35. The van der Waals surface area contributed by atoms with E-state index in [9.17, 15) is 18.8 Å². The van der Waals surface area contributed by atoms with Crippen LogP contribution in [-0.4, -0.2) is 29.3 Å². The van der Waals surface area contributed by atoms with Crippen LogP contribution in [0, 0.1) is 12.7 Å². The Morgan fingerprint density at radius 3 is 2.62 bits per heavy atom. The van der Waals surface area contributed by atoms with Crippen molar-refractivity contribution in [3.05, 3.63) is 81.9 Å². The molecule has 2 heterocycles. The van der Waals surface area contributed by atoms with Gasteiger partial charge in [0.25, 0.3) is 5.91 Å². The first kappa shape index (κ1) is 21.5. The molecule has 0 atom stereocenters. The van der Waals surface area contributed by atoms with Gasteiger partial charge in [-0.25, -0.2) is 14.1 Å². The molecule has 2 N–H and O–H groups in total. The molecular weight excluding hydrogens is 481 g/mol. The molecule has 1 aliphatic rings. The van der Waals surface area contributed by atoms with Crippen molar-refractivity contribution in [2.24, 2.45) is 0 Å². The summed E-state index contributed by atoms with van der Waals surface area (Å²) in [5.74, 6) is -0.725. The molecule has 4 rings (SSSR count). The minimum Gasteiger partial charge on any atom is -0.457 e. The van der Waals surface area contributed by atoms with Crippen LogP contribution in [0.5, 0.6) is 0 Å². The highest BCUT2D eigenvalue weighted by molar-refractivity contribution is 9.10. The Bertz CT molecular complexity index is 1250. The van der Waals surface area contributed by atoms with Gasteiger partial charge in [0, 0.05) is 21.8 Å². The standard InChI is InChI=1S/C23H17BrFN3O4/c1-13-2-8-17(18(24)10-13)20-9-7-16(32-20)11-19-22(30)28(23(31)27-19)12-21(29)26-15-5-3-14(25)4-6-15/h2-11H,12H2,1H3,(H,26,29)(H,27,31)/b19-11-. The molecule has 1 saturated heterocycles. The van der Waals surface area contributed by atoms with Crippen molar-refractivity contribution in [2.75, 3.05) is 11.9 Å². The zero-order valence-electron chi connectivity index (χ0n) is 16.8. The van der Waals surface area contributed by atoms with E-state index in [1.165, 1.54) is 30.3 Å². The van der Waals surface area contributed by atoms with Crippen molar-refractivity contribution in [1.29, 1.82) is 0 Å². The van der Waals surface area contributed by atoms with Crippen LogP contribution in [0.25, 0.3) is 17.4 Å². The van der Waals surface area contributed by atoms with Gasteiger partial charge in [0.1, 0.15) is 29.6 Å². The first-order valence-electron chi connectivity index (χ1n) is 9.56. The lowest BCUT2D eigenvalue weighted by Gasteiger charge is -2.11. The fourth-order valence-electron chi connectivity index (χ4n) is 3.13. The van der Waals surface area contributed by atoms with E-state index in [1.807, 2.05) is 25.1 Å². The van der Waals surface area contributed by atoms with Crippen LogP contribution in [0.15, 0.2) is 69.2 Å². The molecule has 4 amide bonds. The Labute approximate surface area is 191 Å². The molecule has 1 fully saturated rings.